The van der Waals surface area contributed by atoms with Gasteiger partial charge in [0, 0.05) is 16.3 Å². The van der Waals surface area contributed by atoms with E-state index in [4.69, 9.17) is 20.8 Å². The van der Waals surface area contributed by atoms with Crippen molar-refractivity contribution in [2.75, 3.05) is 11.9 Å². The van der Waals surface area contributed by atoms with Gasteiger partial charge in [-0.25, -0.2) is 4.98 Å². The lowest BCUT2D eigenvalue weighted by molar-refractivity contribution is -0.121. The summed E-state index contributed by atoms with van der Waals surface area (Å²) in [4.78, 5) is 15.9. The highest BCUT2D eigenvalue weighted by Gasteiger charge is 2.07. The molecule has 0 aliphatic rings. The molecule has 0 aliphatic heterocycles. The maximum absolute atomic E-state index is 12.0. The lowest BCUT2D eigenvalue weighted by Crippen LogP contribution is -2.18. The van der Waals surface area contributed by atoms with E-state index in [1.165, 1.54) is 6.39 Å². The second-order valence-corrected chi connectivity index (χ2v) is 5.49. The molecule has 0 atom stereocenters. The number of rotatable bonds is 6. The molecule has 0 saturated carbocycles. The van der Waals surface area contributed by atoms with Gasteiger partial charge < -0.3 is 14.5 Å². The largest absolute Gasteiger partial charge is 0.444 e. The van der Waals surface area contributed by atoms with Crippen LogP contribution in [0.5, 0.6) is 0 Å². The van der Waals surface area contributed by atoms with Crippen molar-refractivity contribution in [2.45, 2.75) is 6.61 Å². The molecule has 2 aromatic carbocycles. The van der Waals surface area contributed by atoms with Crippen LogP contribution in [0.3, 0.4) is 0 Å². The summed E-state index contributed by atoms with van der Waals surface area (Å²) in [5.74, 6) is 0.401. The van der Waals surface area contributed by atoms with Gasteiger partial charge >= 0.3 is 0 Å². The zero-order valence-electron chi connectivity index (χ0n) is 12.7. The minimum Gasteiger partial charge on any atom is -0.444 e. The van der Waals surface area contributed by atoms with Gasteiger partial charge in [-0.3, -0.25) is 4.79 Å². The van der Waals surface area contributed by atoms with Crippen molar-refractivity contribution in [3.05, 3.63) is 71.7 Å². The van der Waals surface area contributed by atoms with Gasteiger partial charge in [0.2, 0.25) is 5.91 Å². The van der Waals surface area contributed by atoms with Gasteiger partial charge in [-0.15, -0.1) is 0 Å². The number of benzene rings is 2. The van der Waals surface area contributed by atoms with Crippen LogP contribution in [0.4, 0.5) is 5.69 Å². The predicted molar refractivity (Wildman–Crippen MR) is 91.7 cm³/mol. The number of carbonyl (C=O) groups is 1. The van der Waals surface area contributed by atoms with Crippen LogP contribution in [0.15, 0.2) is 65.5 Å². The highest BCUT2D eigenvalue weighted by molar-refractivity contribution is 6.31. The van der Waals surface area contributed by atoms with E-state index in [2.05, 4.69) is 10.3 Å². The quantitative estimate of drug-likeness (QED) is 0.730. The van der Waals surface area contributed by atoms with Crippen LogP contribution in [0.25, 0.3) is 11.3 Å². The monoisotopic (exact) mass is 342 g/mol. The zero-order valence-corrected chi connectivity index (χ0v) is 13.5. The Bertz CT molecular complexity index is 819. The average molecular weight is 343 g/mol. The molecule has 0 saturated heterocycles. The first-order chi connectivity index (χ1) is 11.7. The highest BCUT2D eigenvalue weighted by Crippen LogP contribution is 2.22. The van der Waals surface area contributed by atoms with Crippen molar-refractivity contribution in [2.24, 2.45) is 0 Å². The van der Waals surface area contributed by atoms with Gasteiger partial charge in [-0.2, -0.15) is 0 Å². The van der Waals surface area contributed by atoms with Crippen molar-refractivity contribution in [1.29, 1.82) is 0 Å². The van der Waals surface area contributed by atoms with E-state index in [9.17, 15) is 4.79 Å². The summed E-state index contributed by atoms with van der Waals surface area (Å²) in [6.07, 6.45) is 2.98. The first-order valence-electron chi connectivity index (χ1n) is 7.32. The lowest BCUT2D eigenvalue weighted by atomic mass is 10.1. The van der Waals surface area contributed by atoms with Crippen LogP contribution < -0.4 is 5.32 Å². The summed E-state index contributed by atoms with van der Waals surface area (Å²) in [6.45, 7) is 0.225. The maximum atomic E-state index is 12.0. The Morgan fingerprint density at radius 3 is 2.88 bits per heavy atom. The smallest absolute Gasteiger partial charge is 0.250 e. The average Bonchev–Trinajstić information content (AvgIpc) is 3.11. The minimum absolute atomic E-state index is 0.0578. The Morgan fingerprint density at radius 2 is 2.08 bits per heavy atom. The molecule has 0 aliphatic carbocycles. The van der Waals surface area contributed by atoms with Crippen LogP contribution >= 0.6 is 11.6 Å². The number of oxazole rings is 1. The van der Waals surface area contributed by atoms with Gasteiger partial charge in [0.1, 0.15) is 6.61 Å². The molecule has 0 spiro atoms. The van der Waals surface area contributed by atoms with Crippen molar-refractivity contribution in [3.8, 4) is 11.3 Å². The van der Waals surface area contributed by atoms with Crippen LogP contribution in [-0.2, 0) is 16.1 Å². The van der Waals surface area contributed by atoms with Crippen molar-refractivity contribution < 1.29 is 13.9 Å². The van der Waals surface area contributed by atoms with Crippen LogP contribution in [0.1, 0.15) is 5.56 Å². The summed E-state index contributed by atoms with van der Waals surface area (Å²) in [5.41, 5.74) is 2.34. The van der Waals surface area contributed by atoms with Crippen molar-refractivity contribution in [3.63, 3.8) is 0 Å². The van der Waals surface area contributed by atoms with Gasteiger partial charge in [0.25, 0.3) is 0 Å². The Labute approximate surface area is 144 Å². The number of ether oxygens (including phenoxy) is 1. The molecule has 3 aromatic rings. The standard InChI is InChI=1S/C18H15ClN2O3/c19-16-7-2-1-4-14(16)10-23-11-18(22)21-15-6-3-5-13(8-15)17-9-20-12-24-17/h1-9,12H,10-11H2,(H,21,22). The Balaban J connectivity index is 1.54. The summed E-state index contributed by atoms with van der Waals surface area (Å²) in [7, 11) is 0. The molecule has 0 bridgehead atoms. The van der Waals surface area contributed by atoms with E-state index in [1.807, 2.05) is 36.4 Å². The van der Waals surface area contributed by atoms with E-state index < -0.39 is 0 Å². The third-order valence-corrected chi connectivity index (χ3v) is 3.68. The van der Waals surface area contributed by atoms with Crippen LogP contribution in [0, 0.1) is 0 Å². The number of nitrogens with one attached hydrogen (secondary N) is 1. The number of hydrogen-bond donors (Lipinski definition) is 1. The van der Waals surface area contributed by atoms with Crippen molar-refractivity contribution in [1.82, 2.24) is 4.98 Å². The van der Waals surface area contributed by atoms with E-state index in [0.717, 1.165) is 11.1 Å². The first-order valence-corrected chi connectivity index (χ1v) is 7.70. The van der Waals surface area contributed by atoms with E-state index in [1.54, 1.807) is 18.3 Å². The molecule has 5 nitrogen and oxygen atoms in total. The molecular formula is C18H15ClN2O3. The van der Waals surface area contributed by atoms with Crippen LogP contribution in [-0.4, -0.2) is 17.5 Å². The van der Waals surface area contributed by atoms with E-state index in [0.29, 0.717) is 16.5 Å². The number of halogens is 1. The predicted octanol–water partition coefficient (Wildman–Crippen LogP) is 4.15. The number of hydrogen-bond acceptors (Lipinski definition) is 4. The molecule has 3 rings (SSSR count). The van der Waals surface area contributed by atoms with Gasteiger partial charge in [0.05, 0.1) is 12.8 Å². The number of nitrogens with zero attached hydrogens (tertiary/aromatic N) is 1. The van der Waals surface area contributed by atoms with Crippen LogP contribution in [0.2, 0.25) is 5.02 Å². The Hall–Kier alpha value is -2.63. The summed E-state index contributed by atoms with van der Waals surface area (Å²) in [5, 5.41) is 3.41. The summed E-state index contributed by atoms with van der Waals surface area (Å²) in [6, 6.07) is 14.7. The Morgan fingerprint density at radius 1 is 1.21 bits per heavy atom. The molecule has 0 unspecified atom stereocenters. The maximum Gasteiger partial charge on any atom is 0.250 e. The zero-order chi connectivity index (χ0) is 16.8. The topological polar surface area (TPSA) is 64.4 Å². The molecule has 24 heavy (non-hydrogen) atoms. The number of amides is 1. The molecule has 0 radical (unpaired) electrons. The second kappa shape index (κ2) is 7.77. The Kier molecular flexibility index (Phi) is 5.25. The molecule has 1 heterocycles. The fourth-order valence-corrected chi connectivity index (χ4v) is 2.37. The third-order valence-electron chi connectivity index (χ3n) is 3.31. The number of carbonyl (C=O) groups excluding carboxylic acids is 1. The highest BCUT2D eigenvalue weighted by atomic mass is 35.5. The molecular weight excluding hydrogens is 328 g/mol. The molecule has 1 N–H and O–H groups in total. The molecule has 6 heteroatoms. The van der Waals surface area contributed by atoms with E-state index >= 15 is 0 Å². The lowest BCUT2D eigenvalue weighted by Gasteiger charge is -2.08. The molecule has 0 fully saturated rings. The van der Waals surface area contributed by atoms with Crippen molar-refractivity contribution >= 4 is 23.2 Å². The number of anilines is 1. The van der Waals surface area contributed by atoms with Gasteiger partial charge in [0.15, 0.2) is 12.2 Å². The van der Waals surface area contributed by atoms with Gasteiger partial charge in [-0.1, -0.05) is 41.9 Å². The minimum atomic E-state index is -0.239. The summed E-state index contributed by atoms with van der Waals surface area (Å²) < 4.78 is 10.7. The van der Waals surface area contributed by atoms with Gasteiger partial charge in [-0.05, 0) is 23.8 Å². The second-order valence-electron chi connectivity index (χ2n) is 5.08. The summed E-state index contributed by atoms with van der Waals surface area (Å²) >= 11 is 6.04. The van der Waals surface area contributed by atoms with E-state index in [-0.39, 0.29) is 19.1 Å². The fourth-order valence-electron chi connectivity index (χ4n) is 2.17. The third kappa shape index (κ3) is 4.22. The first kappa shape index (κ1) is 16.2. The number of aromatic nitrogens is 1. The molecule has 122 valence electrons. The normalized spacial score (nSPS) is 10.5. The molecule has 1 aromatic heterocycles. The molecule has 1 amide bonds. The fraction of sp³-hybridized carbons (Fsp3) is 0.111. The SMILES string of the molecule is O=C(COCc1ccccc1Cl)Nc1cccc(-c2cnco2)c1.